The Bertz CT molecular complexity index is 564. The van der Waals surface area contributed by atoms with Crippen LogP contribution in [0, 0.1) is 0 Å². The summed E-state index contributed by atoms with van der Waals surface area (Å²) in [4.78, 5) is 0. The van der Waals surface area contributed by atoms with Gasteiger partial charge in [0.25, 0.3) is 0 Å². The van der Waals surface area contributed by atoms with Gasteiger partial charge < -0.3 is 15.2 Å². The zero-order valence-corrected chi connectivity index (χ0v) is 14.8. The number of hydrogen-bond donors (Lipinski definition) is 2. The van der Waals surface area contributed by atoms with Crippen molar-refractivity contribution in [1.29, 1.82) is 0 Å². The summed E-state index contributed by atoms with van der Waals surface area (Å²) >= 11 is 0. The molecule has 3 nitrogen and oxygen atoms in total. The van der Waals surface area contributed by atoms with Crippen LogP contribution < -0.4 is 10.1 Å². The first-order chi connectivity index (χ1) is 10.4. The molecule has 2 N–H and O–H groups in total. The van der Waals surface area contributed by atoms with Crippen molar-refractivity contribution in [2.24, 2.45) is 0 Å². The van der Waals surface area contributed by atoms with Gasteiger partial charge in [0, 0.05) is 12.1 Å². The molecule has 4 heteroatoms. The standard InChI is InChI=1S/C19H25NO2.ClH/c1-19(2,3)20-13-17(21)14-22-18-11-9-16(10-12-18)15-7-5-4-6-8-15;/h4-12,17,20-21H,13-14H2,1-3H3;1H. The van der Waals surface area contributed by atoms with Gasteiger partial charge in [0.05, 0.1) is 0 Å². The highest BCUT2D eigenvalue weighted by Gasteiger charge is 2.12. The van der Waals surface area contributed by atoms with Crippen LogP contribution in [0.1, 0.15) is 20.8 Å². The fraction of sp³-hybridized carbons (Fsp3) is 0.368. The first-order valence-corrected chi connectivity index (χ1v) is 7.65. The number of aliphatic hydroxyl groups excluding tert-OH is 1. The Balaban J connectivity index is 0.00000264. The van der Waals surface area contributed by atoms with Crippen molar-refractivity contribution in [3.8, 4) is 16.9 Å². The SMILES string of the molecule is CC(C)(C)NCC(O)COc1ccc(-c2ccccc2)cc1.Cl. The van der Waals surface area contributed by atoms with Crippen LogP contribution in [-0.2, 0) is 0 Å². The molecule has 0 saturated heterocycles. The smallest absolute Gasteiger partial charge is 0.119 e. The maximum absolute atomic E-state index is 9.92. The lowest BCUT2D eigenvalue weighted by atomic mass is 10.1. The topological polar surface area (TPSA) is 41.5 Å². The number of hydrogen-bond acceptors (Lipinski definition) is 3. The summed E-state index contributed by atoms with van der Waals surface area (Å²) in [5.74, 6) is 0.773. The summed E-state index contributed by atoms with van der Waals surface area (Å²) in [6.07, 6.45) is -0.520. The number of nitrogens with one attached hydrogen (secondary N) is 1. The van der Waals surface area contributed by atoms with E-state index in [1.54, 1.807) is 0 Å². The highest BCUT2D eigenvalue weighted by Crippen LogP contribution is 2.22. The molecule has 0 saturated carbocycles. The minimum Gasteiger partial charge on any atom is -0.491 e. The molecule has 126 valence electrons. The molecule has 2 aromatic carbocycles. The highest BCUT2D eigenvalue weighted by molar-refractivity contribution is 5.85. The third-order valence-corrected chi connectivity index (χ3v) is 3.27. The maximum Gasteiger partial charge on any atom is 0.119 e. The van der Waals surface area contributed by atoms with E-state index >= 15 is 0 Å². The number of aliphatic hydroxyl groups is 1. The van der Waals surface area contributed by atoms with Gasteiger partial charge in [-0.1, -0.05) is 42.5 Å². The van der Waals surface area contributed by atoms with Gasteiger partial charge in [-0.2, -0.15) is 0 Å². The Morgan fingerprint density at radius 2 is 1.52 bits per heavy atom. The summed E-state index contributed by atoms with van der Waals surface area (Å²) < 4.78 is 5.63. The molecule has 0 aliphatic rings. The van der Waals surface area contributed by atoms with Gasteiger partial charge in [0.1, 0.15) is 18.5 Å². The largest absolute Gasteiger partial charge is 0.491 e. The van der Waals surface area contributed by atoms with Crippen LogP contribution in [0.15, 0.2) is 54.6 Å². The van der Waals surface area contributed by atoms with Crippen molar-refractivity contribution in [2.45, 2.75) is 32.4 Å². The zero-order chi connectivity index (χ0) is 16.0. The van der Waals surface area contributed by atoms with Crippen LogP contribution in [0.4, 0.5) is 0 Å². The average Bonchev–Trinajstić information content (AvgIpc) is 2.51. The first kappa shape index (κ1) is 19.5. The summed E-state index contributed by atoms with van der Waals surface area (Å²) in [5.41, 5.74) is 2.34. The molecule has 1 atom stereocenters. The second kappa shape index (κ2) is 8.92. The van der Waals surface area contributed by atoms with Crippen LogP contribution in [0.25, 0.3) is 11.1 Å². The van der Waals surface area contributed by atoms with E-state index in [0.29, 0.717) is 6.54 Å². The third kappa shape index (κ3) is 7.04. The number of ether oxygens (including phenoxy) is 1. The Hall–Kier alpha value is -1.55. The normalized spacial score (nSPS) is 12.3. The van der Waals surface area contributed by atoms with E-state index in [4.69, 9.17) is 4.74 Å². The van der Waals surface area contributed by atoms with Crippen molar-refractivity contribution >= 4 is 12.4 Å². The van der Waals surface area contributed by atoms with Crippen molar-refractivity contribution in [2.75, 3.05) is 13.2 Å². The molecular weight excluding hydrogens is 310 g/mol. The van der Waals surface area contributed by atoms with Gasteiger partial charge in [-0.05, 0) is 44.0 Å². The summed E-state index contributed by atoms with van der Waals surface area (Å²) in [6.45, 7) is 7.02. The molecule has 0 aliphatic carbocycles. The Labute approximate surface area is 145 Å². The van der Waals surface area contributed by atoms with E-state index < -0.39 is 6.10 Å². The molecule has 2 aromatic rings. The molecular formula is C19H26ClNO2. The molecule has 0 heterocycles. The van der Waals surface area contributed by atoms with Crippen LogP contribution >= 0.6 is 12.4 Å². The van der Waals surface area contributed by atoms with Gasteiger partial charge in [-0.15, -0.1) is 12.4 Å². The maximum atomic E-state index is 9.92. The van der Waals surface area contributed by atoms with E-state index in [-0.39, 0.29) is 24.6 Å². The monoisotopic (exact) mass is 335 g/mol. The van der Waals surface area contributed by atoms with Gasteiger partial charge in [-0.25, -0.2) is 0 Å². The lowest BCUT2D eigenvalue weighted by Crippen LogP contribution is -2.42. The molecule has 1 unspecified atom stereocenters. The summed E-state index contributed by atoms with van der Waals surface area (Å²) in [5, 5.41) is 13.2. The summed E-state index contributed by atoms with van der Waals surface area (Å²) in [7, 11) is 0. The number of rotatable bonds is 6. The molecule has 0 amide bonds. The van der Waals surface area contributed by atoms with E-state index in [9.17, 15) is 5.11 Å². The van der Waals surface area contributed by atoms with Crippen LogP contribution in [0.2, 0.25) is 0 Å². The van der Waals surface area contributed by atoms with Gasteiger partial charge >= 0.3 is 0 Å². The molecule has 23 heavy (non-hydrogen) atoms. The Morgan fingerprint density at radius 1 is 0.957 bits per heavy atom. The quantitative estimate of drug-likeness (QED) is 0.841. The van der Waals surface area contributed by atoms with E-state index in [0.717, 1.165) is 11.3 Å². The minimum atomic E-state index is -0.520. The molecule has 0 aliphatic heterocycles. The Morgan fingerprint density at radius 3 is 2.09 bits per heavy atom. The van der Waals surface area contributed by atoms with Crippen molar-refractivity contribution in [3.63, 3.8) is 0 Å². The van der Waals surface area contributed by atoms with Gasteiger partial charge in [-0.3, -0.25) is 0 Å². The number of halogens is 1. The van der Waals surface area contributed by atoms with Crippen molar-refractivity contribution in [1.82, 2.24) is 5.32 Å². The highest BCUT2D eigenvalue weighted by atomic mass is 35.5. The fourth-order valence-electron chi connectivity index (χ4n) is 2.05. The second-order valence-electron chi connectivity index (χ2n) is 6.49. The molecule has 0 bridgehead atoms. The van der Waals surface area contributed by atoms with Crippen LogP contribution in [0.5, 0.6) is 5.75 Å². The molecule has 0 aromatic heterocycles. The summed E-state index contributed by atoms with van der Waals surface area (Å²) in [6, 6.07) is 18.2. The van der Waals surface area contributed by atoms with Gasteiger partial charge in [0.2, 0.25) is 0 Å². The average molecular weight is 336 g/mol. The number of benzene rings is 2. The second-order valence-corrected chi connectivity index (χ2v) is 6.49. The predicted molar refractivity (Wildman–Crippen MR) is 98.4 cm³/mol. The van der Waals surface area contributed by atoms with Crippen LogP contribution in [0.3, 0.4) is 0 Å². The van der Waals surface area contributed by atoms with Crippen molar-refractivity contribution in [3.05, 3.63) is 54.6 Å². The molecule has 0 fully saturated rings. The molecule has 0 radical (unpaired) electrons. The van der Waals surface area contributed by atoms with E-state index in [2.05, 4.69) is 38.2 Å². The molecule has 0 spiro atoms. The third-order valence-electron chi connectivity index (χ3n) is 3.27. The van der Waals surface area contributed by atoms with Crippen LogP contribution in [-0.4, -0.2) is 29.9 Å². The zero-order valence-electron chi connectivity index (χ0n) is 14.0. The lowest BCUT2D eigenvalue weighted by molar-refractivity contribution is 0.100. The number of β-amino-alcohol motifs (C(OH)–C–C–N with tert-alkyl or cyclic N) is 1. The molecule has 2 rings (SSSR count). The van der Waals surface area contributed by atoms with Crippen molar-refractivity contribution < 1.29 is 9.84 Å². The van der Waals surface area contributed by atoms with E-state index in [1.807, 2.05) is 42.5 Å². The predicted octanol–water partition coefficient (Wildman–Crippen LogP) is 3.90. The fourth-order valence-corrected chi connectivity index (χ4v) is 2.05. The van der Waals surface area contributed by atoms with E-state index in [1.165, 1.54) is 5.56 Å². The first-order valence-electron chi connectivity index (χ1n) is 7.65. The lowest BCUT2D eigenvalue weighted by Gasteiger charge is -2.23. The Kier molecular flexibility index (Phi) is 7.56. The minimum absolute atomic E-state index is 0. The van der Waals surface area contributed by atoms with Gasteiger partial charge in [0.15, 0.2) is 0 Å².